The molecule has 1 unspecified atom stereocenters. The van der Waals surface area contributed by atoms with E-state index in [1.165, 1.54) is 25.6 Å². The number of rotatable bonds is 6. The molecule has 182 valence electrons. The van der Waals surface area contributed by atoms with Gasteiger partial charge in [-0.3, -0.25) is 4.79 Å². The molecule has 0 aliphatic carbocycles. The SMILES string of the molecule is Cc1cccc(NC(=O)c2cc(F)c(-c3nc(C(C)(C)O)n(C)n3)cc2OC(C)C(F)(F)F)c1. The number of anilines is 1. The van der Waals surface area contributed by atoms with Gasteiger partial charge in [0.05, 0.1) is 11.1 Å². The summed E-state index contributed by atoms with van der Waals surface area (Å²) in [5.74, 6) is -2.38. The van der Waals surface area contributed by atoms with Gasteiger partial charge in [0.15, 0.2) is 17.8 Å². The van der Waals surface area contributed by atoms with Gasteiger partial charge in [-0.15, -0.1) is 0 Å². The van der Waals surface area contributed by atoms with E-state index in [0.29, 0.717) is 5.69 Å². The van der Waals surface area contributed by atoms with Crippen LogP contribution in [0.15, 0.2) is 36.4 Å². The van der Waals surface area contributed by atoms with Crippen LogP contribution in [0.2, 0.25) is 0 Å². The number of ether oxygens (including phenoxy) is 1. The van der Waals surface area contributed by atoms with Gasteiger partial charge in [-0.1, -0.05) is 12.1 Å². The predicted molar refractivity (Wildman–Crippen MR) is 117 cm³/mol. The molecular weight excluding hydrogens is 456 g/mol. The molecule has 0 fully saturated rings. The second kappa shape index (κ2) is 9.05. The minimum absolute atomic E-state index is 0.106. The fourth-order valence-electron chi connectivity index (χ4n) is 3.21. The van der Waals surface area contributed by atoms with Crippen molar-refractivity contribution >= 4 is 11.6 Å². The Balaban J connectivity index is 2.09. The Morgan fingerprint density at radius 1 is 1.21 bits per heavy atom. The number of nitrogens with zero attached hydrogens (tertiary/aromatic N) is 3. The molecule has 2 aromatic carbocycles. The molecule has 2 N–H and O–H groups in total. The Kier molecular flexibility index (Phi) is 6.70. The van der Waals surface area contributed by atoms with Crippen LogP contribution in [0.1, 0.15) is 42.5 Å². The zero-order valence-corrected chi connectivity index (χ0v) is 19.2. The van der Waals surface area contributed by atoms with Crippen molar-refractivity contribution in [3.05, 3.63) is 59.2 Å². The smallest absolute Gasteiger partial charge is 0.425 e. The summed E-state index contributed by atoms with van der Waals surface area (Å²) in [6, 6.07) is 8.45. The van der Waals surface area contributed by atoms with Crippen LogP contribution in [-0.4, -0.2) is 38.1 Å². The Bertz CT molecular complexity index is 1220. The van der Waals surface area contributed by atoms with Gasteiger partial charge < -0.3 is 15.2 Å². The third-order valence-corrected chi connectivity index (χ3v) is 4.91. The third-order valence-electron chi connectivity index (χ3n) is 4.91. The number of halogens is 4. The molecule has 1 aromatic heterocycles. The summed E-state index contributed by atoms with van der Waals surface area (Å²) in [6.45, 7) is 5.48. The highest BCUT2D eigenvalue weighted by molar-refractivity contribution is 6.06. The number of carbonyl (C=O) groups is 1. The van der Waals surface area contributed by atoms with E-state index in [1.54, 1.807) is 31.2 Å². The number of hydrogen-bond acceptors (Lipinski definition) is 5. The molecule has 1 amide bonds. The number of benzene rings is 2. The van der Waals surface area contributed by atoms with Crippen molar-refractivity contribution < 1.29 is 32.2 Å². The second-order valence-corrected chi connectivity index (χ2v) is 8.40. The van der Waals surface area contributed by atoms with Crippen molar-refractivity contribution in [2.45, 2.75) is 45.6 Å². The fraction of sp³-hybridized carbons (Fsp3) is 0.348. The van der Waals surface area contributed by atoms with Crippen LogP contribution < -0.4 is 10.1 Å². The number of nitrogens with one attached hydrogen (secondary N) is 1. The summed E-state index contributed by atoms with van der Waals surface area (Å²) in [7, 11) is 1.48. The first-order chi connectivity index (χ1) is 15.7. The lowest BCUT2D eigenvalue weighted by Gasteiger charge is -2.20. The molecule has 0 radical (unpaired) electrons. The van der Waals surface area contributed by atoms with Gasteiger partial charge in [0.25, 0.3) is 5.91 Å². The van der Waals surface area contributed by atoms with Gasteiger partial charge >= 0.3 is 6.18 Å². The van der Waals surface area contributed by atoms with Crippen LogP contribution >= 0.6 is 0 Å². The number of aromatic nitrogens is 3. The van der Waals surface area contributed by atoms with Gasteiger partial charge in [0.2, 0.25) is 0 Å². The first kappa shape index (κ1) is 25.2. The zero-order valence-electron chi connectivity index (χ0n) is 19.2. The summed E-state index contributed by atoms with van der Waals surface area (Å²) in [4.78, 5) is 17.0. The monoisotopic (exact) mass is 480 g/mol. The van der Waals surface area contributed by atoms with E-state index in [9.17, 15) is 23.1 Å². The first-order valence-corrected chi connectivity index (χ1v) is 10.3. The molecule has 7 nitrogen and oxygen atoms in total. The maximum absolute atomic E-state index is 15.1. The molecule has 34 heavy (non-hydrogen) atoms. The molecule has 0 aliphatic heterocycles. The highest BCUT2D eigenvalue weighted by atomic mass is 19.4. The van der Waals surface area contributed by atoms with E-state index in [4.69, 9.17) is 4.74 Å². The quantitative estimate of drug-likeness (QED) is 0.498. The molecule has 0 saturated carbocycles. The summed E-state index contributed by atoms with van der Waals surface area (Å²) in [6.07, 6.45) is -7.00. The van der Waals surface area contributed by atoms with Crippen LogP contribution in [0.3, 0.4) is 0 Å². The Labute approximate surface area is 193 Å². The van der Waals surface area contributed by atoms with Crippen molar-refractivity contribution in [3.8, 4) is 17.1 Å². The Hall–Kier alpha value is -3.47. The lowest BCUT2D eigenvalue weighted by Crippen LogP contribution is -2.32. The van der Waals surface area contributed by atoms with Gasteiger partial charge in [-0.05, 0) is 57.5 Å². The van der Waals surface area contributed by atoms with E-state index in [1.807, 2.05) is 0 Å². The molecule has 1 heterocycles. The number of hydrogen-bond donors (Lipinski definition) is 2. The summed E-state index contributed by atoms with van der Waals surface area (Å²) < 4.78 is 60.9. The van der Waals surface area contributed by atoms with Crippen molar-refractivity contribution in [1.82, 2.24) is 14.8 Å². The summed E-state index contributed by atoms with van der Waals surface area (Å²) in [5, 5.41) is 16.8. The van der Waals surface area contributed by atoms with Crippen molar-refractivity contribution in [2.24, 2.45) is 7.05 Å². The number of aryl methyl sites for hydroxylation is 2. The molecule has 0 saturated heterocycles. The van der Waals surface area contributed by atoms with Crippen molar-refractivity contribution in [1.29, 1.82) is 0 Å². The van der Waals surface area contributed by atoms with Gasteiger partial charge in [-0.2, -0.15) is 18.3 Å². The van der Waals surface area contributed by atoms with Crippen LogP contribution in [0.4, 0.5) is 23.2 Å². The lowest BCUT2D eigenvalue weighted by atomic mass is 10.1. The highest BCUT2D eigenvalue weighted by Gasteiger charge is 2.39. The number of alkyl halides is 3. The van der Waals surface area contributed by atoms with Gasteiger partial charge in [0, 0.05) is 12.7 Å². The minimum Gasteiger partial charge on any atom is -0.480 e. The topological polar surface area (TPSA) is 89.3 Å². The van der Waals surface area contributed by atoms with Crippen LogP contribution in [0.25, 0.3) is 11.4 Å². The maximum Gasteiger partial charge on any atom is 0.425 e. The minimum atomic E-state index is -4.73. The molecule has 1 atom stereocenters. The summed E-state index contributed by atoms with van der Waals surface area (Å²) in [5.41, 5.74) is -0.912. The number of aliphatic hydroxyl groups is 1. The van der Waals surface area contributed by atoms with Crippen LogP contribution in [0, 0.1) is 12.7 Å². The molecule has 11 heteroatoms. The molecule has 0 spiro atoms. The fourth-order valence-corrected chi connectivity index (χ4v) is 3.21. The van der Waals surface area contributed by atoms with E-state index < -0.39 is 40.9 Å². The largest absolute Gasteiger partial charge is 0.480 e. The van der Waals surface area contributed by atoms with E-state index in [-0.39, 0.29) is 17.2 Å². The van der Waals surface area contributed by atoms with E-state index >= 15 is 4.39 Å². The van der Waals surface area contributed by atoms with Crippen molar-refractivity contribution in [2.75, 3.05) is 5.32 Å². The predicted octanol–water partition coefficient (Wildman–Crippen LogP) is 4.74. The molecule has 3 aromatic rings. The molecule has 0 bridgehead atoms. The van der Waals surface area contributed by atoms with Crippen molar-refractivity contribution in [3.63, 3.8) is 0 Å². The van der Waals surface area contributed by atoms with Crippen LogP contribution in [-0.2, 0) is 12.6 Å². The first-order valence-electron chi connectivity index (χ1n) is 10.3. The normalized spacial score (nSPS) is 13.0. The molecule has 3 rings (SSSR count). The highest BCUT2D eigenvalue weighted by Crippen LogP contribution is 2.33. The maximum atomic E-state index is 15.1. The average molecular weight is 480 g/mol. The van der Waals surface area contributed by atoms with Crippen LogP contribution in [0.5, 0.6) is 5.75 Å². The summed E-state index contributed by atoms with van der Waals surface area (Å²) >= 11 is 0. The lowest BCUT2D eigenvalue weighted by molar-refractivity contribution is -0.189. The van der Waals surface area contributed by atoms with Gasteiger partial charge in [0.1, 0.15) is 17.2 Å². The molecular formula is C23H24F4N4O3. The zero-order chi connectivity index (χ0) is 25.4. The molecule has 0 aliphatic rings. The third kappa shape index (κ3) is 5.53. The van der Waals surface area contributed by atoms with E-state index in [0.717, 1.165) is 24.6 Å². The average Bonchev–Trinajstić information content (AvgIpc) is 3.10. The number of amides is 1. The Morgan fingerprint density at radius 2 is 1.88 bits per heavy atom. The second-order valence-electron chi connectivity index (χ2n) is 8.40. The Morgan fingerprint density at radius 3 is 2.44 bits per heavy atom. The van der Waals surface area contributed by atoms with Gasteiger partial charge in [-0.25, -0.2) is 14.1 Å². The number of carbonyl (C=O) groups excluding carboxylic acids is 1. The standard InChI is InChI=1S/C23H24F4N4O3/c1-12-7-6-8-14(9-12)28-20(32)16-10-17(24)15(11-18(16)34-13(2)23(25,26)27)19-29-21(22(3,4)33)31(5)30-19/h6-11,13,33H,1-5H3,(H,28,32). The van der Waals surface area contributed by atoms with E-state index in [2.05, 4.69) is 15.4 Å².